The van der Waals surface area contributed by atoms with Gasteiger partial charge < -0.3 is 15.2 Å². The lowest BCUT2D eigenvalue weighted by Gasteiger charge is -2.20. The lowest BCUT2D eigenvalue weighted by atomic mass is 10.2. The average molecular weight is 338 g/mol. The van der Waals surface area contributed by atoms with Crippen LogP contribution in [0.15, 0.2) is 6.20 Å². The molecule has 0 aliphatic heterocycles. The molecule has 0 aliphatic rings. The first-order chi connectivity index (χ1) is 11.3. The van der Waals surface area contributed by atoms with E-state index >= 15 is 0 Å². The zero-order chi connectivity index (χ0) is 18.3. The molecule has 1 atom stereocenters. The van der Waals surface area contributed by atoms with Crippen molar-refractivity contribution in [2.75, 3.05) is 16.8 Å². The molecule has 0 spiro atoms. The molecule has 0 aliphatic carbocycles. The summed E-state index contributed by atoms with van der Waals surface area (Å²) in [4.78, 5) is 42.7. The average Bonchev–Trinajstić information content (AvgIpc) is 2.47. The molecule has 0 saturated heterocycles. The van der Waals surface area contributed by atoms with Gasteiger partial charge >= 0.3 is 5.97 Å². The van der Waals surface area contributed by atoms with Crippen molar-refractivity contribution in [2.24, 2.45) is 0 Å². The molecule has 9 nitrogen and oxygen atoms in total. The molecule has 1 aromatic heterocycles. The van der Waals surface area contributed by atoms with E-state index in [1.54, 1.807) is 0 Å². The fourth-order valence-electron chi connectivity index (χ4n) is 2.04. The van der Waals surface area contributed by atoms with Crippen molar-refractivity contribution in [3.05, 3.63) is 6.20 Å². The highest BCUT2D eigenvalue weighted by atomic mass is 16.5. The Morgan fingerprint density at radius 1 is 1.29 bits per heavy atom. The summed E-state index contributed by atoms with van der Waals surface area (Å²) in [7, 11) is 0. The molecular formula is C15H22N4O5. The highest BCUT2D eigenvalue weighted by Gasteiger charge is 2.21. The molecule has 24 heavy (non-hydrogen) atoms. The molecule has 2 N–H and O–H groups in total. The van der Waals surface area contributed by atoms with Crippen LogP contribution in [0.1, 0.15) is 40.5 Å². The summed E-state index contributed by atoms with van der Waals surface area (Å²) in [6, 6.07) is -0.282. The number of nitrogens with zero attached hydrogens (tertiary/aromatic N) is 3. The molecule has 0 fully saturated rings. The molecule has 1 heterocycles. The van der Waals surface area contributed by atoms with Crippen molar-refractivity contribution in [2.45, 2.75) is 46.6 Å². The summed E-state index contributed by atoms with van der Waals surface area (Å²) in [6.07, 6.45) is 2.57. The first-order valence-corrected chi connectivity index (χ1v) is 7.53. The lowest BCUT2D eigenvalue weighted by Crippen LogP contribution is -2.35. The minimum absolute atomic E-state index is 0.0538. The second-order valence-corrected chi connectivity index (χ2v) is 5.21. The molecule has 132 valence electrons. The Labute approximate surface area is 140 Å². The molecule has 2 amide bonds. The maximum atomic E-state index is 11.6. The van der Waals surface area contributed by atoms with E-state index in [0.717, 1.165) is 17.5 Å². The number of nitrogens with one attached hydrogen (secondary N) is 1. The van der Waals surface area contributed by atoms with Gasteiger partial charge in [0.15, 0.2) is 11.6 Å². The van der Waals surface area contributed by atoms with Gasteiger partial charge in [-0.05, 0) is 6.42 Å². The Hall–Kier alpha value is -2.71. The fourth-order valence-corrected chi connectivity index (χ4v) is 2.04. The van der Waals surface area contributed by atoms with Crippen LogP contribution in [0.5, 0.6) is 5.75 Å². The van der Waals surface area contributed by atoms with E-state index in [1.165, 1.54) is 20.8 Å². The van der Waals surface area contributed by atoms with Gasteiger partial charge in [-0.3, -0.25) is 14.4 Å². The van der Waals surface area contributed by atoms with E-state index in [2.05, 4.69) is 15.3 Å². The van der Waals surface area contributed by atoms with Crippen LogP contribution in [-0.2, 0) is 19.1 Å². The molecule has 0 radical (unpaired) electrons. The molecule has 9 heteroatoms. The Kier molecular flexibility index (Phi) is 7.09. The van der Waals surface area contributed by atoms with Gasteiger partial charge in [-0.25, -0.2) is 9.88 Å². The van der Waals surface area contributed by atoms with Crippen LogP contribution in [-0.4, -0.2) is 45.5 Å². The van der Waals surface area contributed by atoms with Gasteiger partial charge in [0.25, 0.3) is 0 Å². The first-order valence-electron chi connectivity index (χ1n) is 7.53. The van der Waals surface area contributed by atoms with Crippen LogP contribution >= 0.6 is 0 Å². The van der Waals surface area contributed by atoms with Gasteiger partial charge in [-0.15, -0.1) is 0 Å². The zero-order valence-electron chi connectivity index (χ0n) is 14.2. The number of esters is 1. The van der Waals surface area contributed by atoms with Crippen LogP contribution in [0.3, 0.4) is 0 Å². The number of ether oxygens (including phenoxy) is 1. The third-order valence-electron chi connectivity index (χ3n) is 3.05. The van der Waals surface area contributed by atoms with E-state index in [9.17, 15) is 19.5 Å². The molecule has 0 bridgehead atoms. The van der Waals surface area contributed by atoms with Crippen molar-refractivity contribution in [1.29, 1.82) is 0 Å². The Bertz CT molecular complexity index is 606. The van der Waals surface area contributed by atoms with Crippen molar-refractivity contribution >= 4 is 29.5 Å². The van der Waals surface area contributed by atoms with E-state index in [4.69, 9.17) is 4.74 Å². The van der Waals surface area contributed by atoms with Crippen molar-refractivity contribution in [3.8, 4) is 5.75 Å². The second-order valence-electron chi connectivity index (χ2n) is 5.21. The first kappa shape index (κ1) is 19.3. The van der Waals surface area contributed by atoms with E-state index in [1.807, 2.05) is 6.92 Å². The maximum absolute atomic E-state index is 11.6. The Morgan fingerprint density at radius 2 is 1.92 bits per heavy atom. The number of rotatable bonds is 7. The molecule has 0 saturated carbocycles. The number of aromatic hydroxyl groups is 1. The zero-order valence-corrected chi connectivity index (χ0v) is 14.2. The van der Waals surface area contributed by atoms with Crippen LogP contribution in [0.2, 0.25) is 0 Å². The van der Waals surface area contributed by atoms with Crippen molar-refractivity contribution < 1.29 is 24.2 Å². The summed E-state index contributed by atoms with van der Waals surface area (Å²) in [5.74, 6) is -1.82. The number of anilines is 2. The van der Waals surface area contributed by atoms with Gasteiger partial charge in [-0.1, -0.05) is 13.3 Å². The predicted octanol–water partition coefficient (Wildman–Crippen LogP) is 1.23. The minimum atomic E-state index is -0.538. The van der Waals surface area contributed by atoms with Gasteiger partial charge in [0.2, 0.25) is 17.8 Å². The third-order valence-corrected chi connectivity index (χ3v) is 3.05. The van der Waals surface area contributed by atoms with Crippen molar-refractivity contribution in [1.82, 2.24) is 9.97 Å². The highest BCUT2D eigenvalue weighted by Crippen LogP contribution is 2.24. The minimum Gasteiger partial charge on any atom is -0.503 e. The number of amides is 2. The van der Waals surface area contributed by atoms with E-state index in [-0.39, 0.29) is 30.2 Å². The summed E-state index contributed by atoms with van der Waals surface area (Å²) in [5.41, 5.74) is 0. The normalized spacial score (nSPS) is 11.5. The van der Waals surface area contributed by atoms with Gasteiger partial charge in [0, 0.05) is 20.8 Å². The maximum Gasteiger partial charge on any atom is 0.302 e. The largest absolute Gasteiger partial charge is 0.503 e. The molecule has 1 aromatic rings. The van der Waals surface area contributed by atoms with Crippen LogP contribution in [0.4, 0.5) is 11.8 Å². The van der Waals surface area contributed by atoms with Gasteiger partial charge in [0.1, 0.15) is 6.61 Å². The summed E-state index contributed by atoms with van der Waals surface area (Å²) in [6.45, 7) is 5.80. The smallest absolute Gasteiger partial charge is 0.302 e. The summed E-state index contributed by atoms with van der Waals surface area (Å²) >= 11 is 0. The van der Waals surface area contributed by atoms with Crippen molar-refractivity contribution in [3.63, 3.8) is 0 Å². The van der Waals surface area contributed by atoms with Gasteiger partial charge in [-0.2, -0.15) is 4.98 Å². The third kappa shape index (κ3) is 5.49. The quantitative estimate of drug-likeness (QED) is 0.712. The number of aromatic nitrogens is 2. The van der Waals surface area contributed by atoms with E-state index < -0.39 is 17.8 Å². The topological polar surface area (TPSA) is 122 Å². The molecular weight excluding hydrogens is 316 g/mol. The number of carbonyl (C=O) groups excluding carboxylic acids is 3. The fraction of sp³-hybridized carbons (Fsp3) is 0.533. The number of imide groups is 1. The molecule has 1 rings (SSSR count). The molecule has 0 aromatic carbocycles. The van der Waals surface area contributed by atoms with Crippen LogP contribution in [0, 0.1) is 0 Å². The number of hydrogen-bond acceptors (Lipinski definition) is 8. The SMILES string of the molecule is CCC[C@@H](COC(C)=O)Nc1nc(N(C(C)=O)C(C)=O)ncc1O. The van der Waals surface area contributed by atoms with Crippen LogP contribution < -0.4 is 10.2 Å². The summed E-state index contributed by atoms with van der Waals surface area (Å²) < 4.78 is 4.98. The Morgan fingerprint density at radius 3 is 2.42 bits per heavy atom. The van der Waals surface area contributed by atoms with Gasteiger partial charge in [0.05, 0.1) is 12.2 Å². The standard InChI is InChI=1S/C15H22N4O5/c1-5-6-12(8-24-11(4)22)17-14-13(23)7-16-15(18-14)19(9(2)20)10(3)21/h7,12,23H,5-6,8H2,1-4H3,(H,16,17,18)/t12-/m0/s1. The monoisotopic (exact) mass is 338 g/mol. The number of carbonyl (C=O) groups is 3. The number of hydrogen-bond donors (Lipinski definition) is 2. The van der Waals surface area contributed by atoms with E-state index in [0.29, 0.717) is 6.42 Å². The second kappa shape index (κ2) is 8.80. The summed E-state index contributed by atoms with van der Waals surface area (Å²) in [5, 5.41) is 12.9. The lowest BCUT2D eigenvalue weighted by molar-refractivity contribution is -0.141. The molecule has 0 unspecified atom stereocenters. The van der Waals surface area contributed by atoms with Crippen LogP contribution in [0.25, 0.3) is 0 Å². The Balaban J connectivity index is 3.04. The predicted molar refractivity (Wildman–Crippen MR) is 86.5 cm³/mol. The highest BCUT2D eigenvalue weighted by molar-refractivity contribution is 6.11.